The average Bonchev–Trinajstić information content (AvgIpc) is 2.92. The van der Waals surface area contributed by atoms with Crippen LogP contribution in [0.3, 0.4) is 0 Å². The van der Waals surface area contributed by atoms with Gasteiger partial charge < -0.3 is 4.74 Å². The van der Waals surface area contributed by atoms with Crippen molar-refractivity contribution in [3.8, 4) is 0 Å². The molecule has 20 heavy (non-hydrogen) atoms. The summed E-state index contributed by atoms with van der Waals surface area (Å²) in [5.41, 5.74) is 1.24. The number of ether oxygens (including phenoxy) is 1. The molecule has 1 fully saturated rings. The molecule has 1 aromatic rings. The highest BCUT2D eigenvalue weighted by molar-refractivity contribution is 8.25. The van der Waals surface area contributed by atoms with Gasteiger partial charge in [0, 0.05) is 22.1 Å². The number of hydrogen-bond donors (Lipinski definition) is 0. The van der Waals surface area contributed by atoms with E-state index < -0.39 is 6.10 Å². The Balaban J connectivity index is 1.98. The highest BCUT2D eigenvalue weighted by Crippen LogP contribution is 2.44. The number of benzene rings is 1. The molecule has 2 nitrogen and oxygen atoms in total. The van der Waals surface area contributed by atoms with Crippen LogP contribution in [0.4, 0.5) is 0 Å². The SMILES string of the molecule is O=C1OC(c2ccccc2Cl)C=C(Cl)C1=C1SCCS1. The number of hydrogen-bond acceptors (Lipinski definition) is 4. The second-order valence-corrected chi connectivity index (χ2v) is 7.50. The van der Waals surface area contributed by atoms with Gasteiger partial charge in [-0.15, -0.1) is 23.5 Å². The predicted molar refractivity (Wildman–Crippen MR) is 86.2 cm³/mol. The lowest BCUT2D eigenvalue weighted by Gasteiger charge is -2.23. The van der Waals surface area contributed by atoms with E-state index in [9.17, 15) is 4.79 Å². The molecule has 6 heteroatoms. The first-order valence-corrected chi connectivity index (χ1v) is 8.72. The van der Waals surface area contributed by atoms with Crippen LogP contribution in [0, 0.1) is 0 Å². The van der Waals surface area contributed by atoms with E-state index in [1.54, 1.807) is 35.7 Å². The monoisotopic (exact) mass is 344 g/mol. The lowest BCUT2D eigenvalue weighted by atomic mass is 10.1. The Hall–Kier alpha value is -0.550. The van der Waals surface area contributed by atoms with Crippen LogP contribution in [-0.2, 0) is 9.53 Å². The van der Waals surface area contributed by atoms with Crippen LogP contribution < -0.4 is 0 Å². The molecule has 0 bridgehead atoms. The summed E-state index contributed by atoms with van der Waals surface area (Å²) in [4.78, 5) is 12.2. The highest BCUT2D eigenvalue weighted by Gasteiger charge is 2.31. The van der Waals surface area contributed by atoms with Gasteiger partial charge in [0.2, 0.25) is 0 Å². The zero-order chi connectivity index (χ0) is 14.1. The first kappa shape index (κ1) is 14.4. The third-order valence-electron chi connectivity index (χ3n) is 2.94. The maximum atomic E-state index is 12.2. The molecule has 2 aliphatic rings. The van der Waals surface area contributed by atoms with Gasteiger partial charge in [-0.05, 0) is 12.1 Å². The van der Waals surface area contributed by atoms with Gasteiger partial charge in [0.25, 0.3) is 0 Å². The van der Waals surface area contributed by atoms with E-state index >= 15 is 0 Å². The number of rotatable bonds is 1. The number of cyclic esters (lactones) is 1. The van der Waals surface area contributed by atoms with Crippen molar-refractivity contribution in [3.63, 3.8) is 0 Å². The van der Waals surface area contributed by atoms with Crippen LogP contribution in [0.25, 0.3) is 0 Å². The summed E-state index contributed by atoms with van der Waals surface area (Å²) in [6.07, 6.45) is 1.22. The van der Waals surface area contributed by atoms with Crippen molar-refractivity contribution in [1.82, 2.24) is 0 Å². The fourth-order valence-electron chi connectivity index (χ4n) is 2.02. The molecule has 0 amide bonds. The summed E-state index contributed by atoms with van der Waals surface area (Å²) in [6.45, 7) is 0. The van der Waals surface area contributed by atoms with E-state index in [-0.39, 0.29) is 5.97 Å². The van der Waals surface area contributed by atoms with Crippen LogP contribution in [0.1, 0.15) is 11.7 Å². The Bertz CT molecular complexity index is 617. The minimum Gasteiger partial charge on any atom is -0.449 e. The molecule has 0 aliphatic carbocycles. The molecule has 1 aromatic carbocycles. The summed E-state index contributed by atoms with van der Waals surface area (Å²) in [5.74, 6) is 1.61. The van der Waals surface area contributed by atoms with Gasteiger partial charge in [-0.3, -0.25) is 0 Å². The van der Waals surface area contributed by atoms with Crippen LogP contribution >= 0.6 is 46.7 Å². The molecule has 2 heterocycles. The van der Waals surface area contributed by atoms with E-state index in [4.69, 9.17) is 27.9 Å². The van der Waals surface area contributed by atoms with Crippen molar-refractivity contribution in [3.05, 3.63) is 55.8 Å². The van der Waals surface area contributed by atoms with E-state index in [1.165, 1.54) is 0 Å². The zero-order valence-electron chi connectivity index (χ0n) is 10.3. The standard InChI is InChI=1S/C14H10Cl2O2S2/c15-9-4-2-1-3-8(9)11-7-10(16)12(13(17)18-11)14-19-5-6-20-14/h1-4,7,11H,5-6H2. The lowest BCUT2D eigenvalue weighted by Crippen LogP contribution is -2.18. The molecule has 0 spiro atoms. The number of esters is 1. The van der Waals surface area contributed by atoms with Gasteiger partial charge in [0.05, 0.1) is 14.8 Å². The maximum Gasteiger partial charge on any atom is 0.342 e. The van der Waals surface area contributed by atoms with E-state index in [0.29, 0.717) is 15.6 Å². The van der Waals surface area contributed by atoms with Crippen molar-refractivity contribution in [1.29, 1.82) is 0 Å². The van der Waals surface area contributed by atoms with Crippen molar-refractivity contribution in [2.45, 2.75) is 6.10 Å². The lowest BCUT2D eigenvalue weighted by molar-refractivity contribution is -0.142. The van der Waals surface area contributed by atoms with E-state index in [1.807, 2.05) is 18.2 Å². The zero-order valence-corrected chi connectivity index (χ0v) is 13.4. The molecule has 1 saturated heterocycles. The van der Waals surface area contributed by atoms with Crippen molar-refractivity contribution in [2.75, 3.05) is 11.5 Å². The molecular weight excluding hydrogens is 335 g/mol. The predicted octanol–water partition coefficient (Wildman–Crippen LogP) is 4.75. The molecule has 3 rings (SSSR count). The van der Waals surface area contributed by atoms with Crippen molar-refractivity contribution in [2.24, 2.45) is 0 Å². The summed E-state index contributed by atoms with van der Waals surface area (Å²) in [6, 6.07) is 7.29. The van der Waals surface area contributed by atoms with Crippen LogP contribution in [0.5, 0.6) is 0 Å². The Labute approximate surface area is 135 Å². The second-order valence-electron chi connectivity index (χ2n) is 4.22. The van der Waals surface area contributed by atoms with Crippen molar-refractivity contribution >= 4 is 52.7 Å². The summed E-state index contributed by atoms with van der Waals surface area (Å²) in [5, 5.41) is 1.01. The topological polar surface area (TPSA) is 26.3 Å². The second kappa shape index (κ2) is 6.06. The van der Waals surface area contributed by atoms with Gasteiger partial charge in [-0.25, -0.2) is 4.79 Å². The third-order valence-corrected chi connectivity index (χ3v) is 6.31. The van der Waals surface area contributed by atoms with E-state index in [0.717, 1.165) is 21.3 Å². The van der Waals surface area contributed by atoms with Gasteiger partial charge in [0.1, 0.15) is 6.10 Å². The Morgan fingerprint density at radius 3 is 2.50 bits per heavy atom. The normalized spacial score (nSPS) is 22.8. The average molecular weight is 345 g/mol. The molecule has 0 radical (unpaired) electrons. The number of carbonyl (C=O) groups is 1. The van der Waals surface area contributed by atoms with Crippen molar-refractivity contribution < 1.29 is 9.53 Å². The third kappa shape index (κ3) is 2.75. The minimum absolute atomic E-state index is 0.376. The quantitative estimate of drug-likeness (QED) is 0.542. The van der Waals surface area contributed by atoms with E-state index in [2.05, 4.69) is 0 Å². The smallest absolute Gasteiger partial charge is 0.342 e. The summed E-state index contributed by atoms with van der Waals surface area (Å²) >= 11 is 15.7. The Morgan fingerprint density at radius 1 is 1.15 bits per heavy atom. The Kier molecular flexibility index (Phi) is 4.36. The molecule has 104 valence electrons. The Morgan fingerprint density at radius 2 is 1.85 bits per heavy atom. The van der Waals surface area contributed by atoms with Gasteiger partial charge in [-0.1, -0.05) is 41.4 Å². The largest absolute Gasteiger partial charge is 0.449 e. The molecule has 0 aromatic heterocycles. The number of thioether (sulfide) groups is 2. The van der Waals surface area contributed by atoms with Gasteiger partial charge in [-0.2, -0.15) is 0 Å². The van der Waals surface area contributed by atoms with Crippen LogP contribution in [0.15, 0.2) is 45.2 Å². The summed E-state index contributed by atoms with van der Waals surface area (Å²) < 4.78 is 6.43. The first-order chi connectivity index (χ1) is 9.66. The molecular formula is C14H10Cl2O2S2. The number of carbonyl (C=O) groups excluding carboxylic acids is 1. The fourth-order valence-corrected chi connectivity index (χ4v) is 5.20. The minimum atomic E-state index is -0.524. The first-order valence-electron chi connectivity index (χ1n) is 6.00. The maximum absolute atomic E-state index is 12.2. The fraction of sp³-hybridized carbons (Fsp3) is 0.214. The molecule has 1 atom stereocenters. The molecule has 1 unspecified atom stereocenters. The number of halogens is 2. The van der Waals surface area contributed by atoms with Gasteiger partial charge >= 0.3 is 5.97 Å². The van der Waals surface area contributed by atoms with Crippen LogP contribution in [0.2, 0.25) is 5.02 Å². The molecule has 0 N–H and O–H groups in total. The highest BCUT2D eigenvalue weighted by atomic mass is 35.5. The summed E-state index contributed by atoms with van der Waals surface area (Å²) in [7, 11) is 0. The van der Waals surface area contributed by atoms with Gasteiger partial charge in [0.15, 0.2) is 0 Å². The molecule has 0 saturated carbocycles. The van der Waals surface area contributed by atoms with Crippen LogP contribution in [-0.4, -0.2) is 17.5 Å². The molecule has 2 aliphatic heterocycles.